The van der Waals surface area contributed by atoms with Gasteiger partial charge in [0.1, 0.15) is 0 Å². The number of fused-ring (bicyclic) bond motifs is 1. The van der Waals surface area contributed by atoms with Gasteiger partial charge < -0.3 is 0 Å². The van der Waals surface area contributed by atoms with E-state index < -0.39 is 10.0 Å². The number of hydrogen-bond acceptors (Lipinski definition) is 4. The molecule has 0 atom stereocenters. The van der Waals surface area contributed by atoms with E-state index >= 15 is 0 Å². The van der Waals surface area contributed by atoms with Crippen LogP contribution in [-0.2, 0) is 16.6 Å². The molecule has 4 aromatic rings. The van der Waals surface area contributed by atoms with Gasteiger partial charge >= 0.3 is 4.87 Å². The molecule has 8 heteroatoms. The minimum atomic E-state index is -3.76. The van der Waals surface area contributed by atoms with E-state index in [0.717, 1.165) is 22.5 Å². The largest absolute Gasteiger partial charge is 0.308 e. The van der Waals surface area contributed by atoms with Gasteiger partial charge in [-0.3, -0.25) is 14.1 Å². The van der Waals surface area contributed by atoms with Crippen LogP contribution in [0.4, 0.5) is 5.69 Å². The van der Waals surface area contributed by atoms with Crippen LogP contribution in [0.2, 0.25) is 5.02 Å². The molecular weight excluding hydrogens is 428 g/mol. The Hall–Kier alpha value is -2.61. The van der Waals surface area contributed by atoms with E-state index in [-0.39, 0.29) is 9.77 Å². The van der Waals surface area contributed by atoms with E-state index in [2.05, 4.69) is 4.72 Å². The Morgan fingerprint density at radius 1 is 1.03 bits per heavy atom. The molecule has 0 fully saturated rings. The zero-order valence-corrected chi connectivity index (χ0v) is 17.8. The Labute approximate surface area is 177 Å². The van der Waals surface area contributed by atoms with E-state index in [0.29, 0.717) is 27.5 Å². The number of nitrogens with one attached hydrogen (secondary N) is 1. The third-order valence-electron chi connectivity index (χ3n) is 4.47. The van der Waals surface area contributed by atoms with E-state index in [9.17, 15) is 13.2 Å². The summed E-state index contributed by atoms with van der Waals surface area (Å²) in [4.78, 5) is 12.5. The minimum absolute atomic E-state index is 0.117. The van der Waals surface area contributed by atoms with Crippen LogP contribution < -0.4 is 9.60 Å². The van der Waals surface area contributed by atoms with Crippen LogP contribution in [-0.4, -0.2) is 13.0 Å². The van der Waals surface area contributed by atoms with Crippen molar-refractivity contribution in [3.63, 3.8) is 0 Å². The summed E-state index contributed by atoms with van der Waals surface area (Å²) in [5, 5.41) is 0.632. The minimum Gasteiger partial charge on any atom is -0.294 e. The molecule has 1 aromatic heterocycles. The molecule has 148 valence electrons. The Kier molecular flexibility index (Phi) is 5.21. The maximum absolute atomic E-state index is 12.8. The average molecular weight is 445 g/mol. The summed E-state index contributed by atoms with van der Waals surface area (Å²) in [6.45, 7) is 2.29. The first kappa shape index (κ1) is 19.7. The number of aromatic nitrogens is 1. The fourth-order valence-electron chi connectivity index (χ4n) is 3.06. The first-order valence-electron chi connectivity index (χ1n) is 8.79. The van der Waals surface area contributed by atoms with Gasteiger partial charge in [0, 0.05) is 10.7 Å². The predicted molar refractivity (Wildman–Crippen MR) is 119 cm³/mol. The summed E-state index contributed by atoms with van der Waals surface area (Å²) >= 11 is 6.95. The SMILES string of the molecule is Cc1cccc(NS(=O)(=O)c2ccc3c(c2)sc(=O)n3Cc2ccc(Cl)cc2)c1. The van der Waals surface area contributed by atoms with Crippen molar-refractivity contribution in [2.24, 2.45) is 0 Å². The summed E-state index contributed by atoms with van der Waals surface area (Å²) < 4.78 is 30.4. The summed E-state index contributed by atoms with van der Waals surface area (Å²) in [5.74, 6) is 0. The first-order valence-corrected chi connectivity index (χ1v) is 11.5. The molecule has 1 N–H and O–H groups in total. The highest BCUT2D eigenvalue weighted by Gasteiger charge is 2.17. The van der Waals surface area contributed by atoms with Crippen molar-refractivity contribution in [3.05, 3.63) is 92.5 Å². The fourth-order valence-corrected chi connectivity index (χ4v) is 5.26. The highest BCUT2D eigenvalue weighted by atomic mass is 35.5. The standard InChI is InChI=1S/C21H17ClN2O3S2/c1-14-3-2-4-17(11-14)23-29(26,27)18-9-10-19-20(12-18)28-21(25)24(19)13-15-5-7-16(22)8-6-15/h2-12,23H,13H2,1H3. The molecule has 0 radical (unpaired) electrons. The molecule has 3 aromatic carbocycles. The van der Waals surface area contributed by atoms with Gasteiger partial charge in [0.2, 0.25) is 0 Å². The maximum Gasteiger partial charge on any atom is 0.308 e. The average Bonchev–Trinajstić information content (AvgIpc) is 2.98. The second-order valence-electron chi connectivity index (χ2n) is 6.69. The van der Waals surface area contributed by atoms with E-state index in [4.69, 9.17) is 11.6 Å². The highest BCUT2D eigenvalue weighted by molar-refractivity contribution is 7.92. The maximum atomic E-state index is 12.8. The Bertz CT molecular complexity index is 1360. The normalized spacial score (nSPS) is 11.7. The molecule has 0 saturated heterocycles. The third-order valence-corrected chi connectivity index (χ3v) is 7.05. The van der Waals surface area contributed by atoms with Crippen LogP contribution in [0.1, 0.15) is 11.1 Å². The van der Waals surface area contributed by atoms with Gasteiger partial charge in [-0.15, -0.1) is 0 Å². The second-order valence-corrected chi connectivity index (χ2v) is 9.80. The van der Waals surface area contributed by atoms with Crippen LogP contribution in [0.5, 0.6) is 0 Å². The number of hydrogen-bond donors (Lipinski definition) is 1. The lowest BCUT2D eigenvalue weighted by Gasteiger charge is -2.09. The summed E-state index contributed by atoms with van der Waals surface area (Å²) in [6, 6.07) is 19.2. The van der Waals surface area contributed by atoms with Gasteiger partial charge in [0.25, 0.3) is 10.0 Å². The Balaban J connectivity index is 1.68. The van der Waals surface area contributed by atoms with Crippen molar-refractivity contribution in [1.82, 2.24) is 4.57 Å². The van der Waals surface area contributed by atoms with Gasteiger partial charge in [-0.1, -0.05) is 47.2 Å². The molecule has 4 rings (SSSR count). The van der Waals surface area contributed by atoms with Gasteiger partial charge in [0.15, 0.2) is 0 Å². The zero-order chi connectivity index (χ0) is 20.6. The van der Waals surface area contributed by atoms with Crippen molar-refractivity contribution in [2.75, 3.05) is 4.72 Å². The van der Waals surface area contributed by atoms with Gasteiger partial charge in [-0.25, -0.2) is 8.42 Å². The number of thiazole rings is 1. The monoisotopic (exact) mass is 444 g/mol. The lowest BCUT2D eigenvalue weighted by Crippen LogP contribution is -2.14. The summed E-state index contributed by atoms with van der Waals surface area (Å²) in [6.07, 6.45) is 0. The van der Waals surface area contributed by atoms with Crippen LogP contribution in [0, 0.1) is 6.92 Å². The van der Waals surface area contributed by atoms with Crippen LogP contribution >= 0.6 is 22.9 Å². The first-order chi connectivity index (χ1) is 13.8. The smallest absolute Gasteiger partial charge is 0.294 e. The number of halogens is 1. The number of rotatable bonds is 5. The molecule has 1 heterocycles. The number of nitrogens with zero attached hydrogens (tertiary/aromatic N) is 1. The molecule has 0 amide bonds. The van der Waals surface area contributed by atoms with Crippen molar-refractivity contribution in [1.29, 1.82) is 0 Å². The molecule has 0 saturated carbocycles. The van der Waals surface area contributed by atoms with E-state index in [1.54, 1.807) is 41.0 Å². The molecule has 0 aliphatic carbocycles. The molecule has 0 aliphatic rings. The number of benzene rings is 3. The van der Waals surface area contributed by atoms with E-state index in [1.807, 2.05) is 25.1 Å². The Morgan fingerprint density at radius 3 is 2.52 bits per heavy atom. The van der Waals surface area contributed by atoms with Crippen LogP contribution in [0.15, 0.2) is 76.4 Å². The second kappa shape index (κ2) is 7.67. The molecule has 29 heavy (non-hydrogen) atoms. The summed E-state index contributed by atoms with van der Waals surface area (Å²) in [7, 11) is -3.76. The van der Waals surface area contributed by atoms with Crippen molar-refractivity contribution >= 4 is 48.9 Å². The molecule has 0 unspecified atom stereocenters. The number of sulfonamides is 1. The third kappa shape index (κ3) is 4.22. The predicted octanol–water partition coefficient (Wildman–Crippen LogP) is 4.87. The number of anilines is 1. The zero-order valence-electron chi connectivity index (χ0n) is 15.4. The molecule has 0 bridgehead atoms. The molecule has 0 spiro atoms. The lowest BCUT2D eigenvalue weighted by atomic mass is 10.2. The highest BCUT2D eigenvalue weighted by Crippen LogP contribution is 2.24. The topological polar surface area (TPSA) is 68.2 Å². The fraction of sp³-hybridized carbons (Fsp3) is 0.0952. The number of aryl methyl sites for hydroxylation is 1. The van der Waals surface area contributed by atoms with Crippen LogP contribution in [0.3, 0.4) is 0 Å². The summed E-state index contributed by atoms with van der Waals surface area (Å²) in [5.41, 5.74) is 3.09. The van der Waals surface area contributed by atoms with Crippen LogP contribution in [0.25, 0.3) is 10.2 Å². The van der Waals surface area contributed by atoms with Crippen molar-refractivity contribution < 1.29 is 8.42 Å². The lowest BCUT2D eigenvalue weighted by molar-refractivity contribution is 0.601. The molecule has 5 nitrogen and oxygen atoms in total. The quantitative estimate of drug-likeness (QED) is 0.477. The van der Waals surface area contributed by atoms with Gasteiger partial charge in [0.05, 0.1) is 21.7 Å². The molecular formula is C21H17ClN2O3S2. The van der Waals surface area contributed by atoms with Crippen molar-refractivity contribution in [2.45, 2.75) is 18.4 Å². The van der Waals surface area contributed by atoms with E-state index in [1.165, 1.54) is 12.1 Å². The molecule has 0 aliphatic heterocycles. The van der Waals surface area contributed by atoms with Gasteiger partial charge in [-0.05, 0) is 60.5 Å². The Morgan fingerprint density at radius 2 is 1.79 bits per heavy atom. The van der Waals surface area contributed by atoms with Crippen molar-refractivity contribution in [3.8, 4) is 0 Å². The van der Waals surface area contributed by atoms with Gasteiger partial charge in [-0.2, -0.15) is 0 Å².